The van der Waals surface area contributed by atoms with E-state index in [2.05, 4.69) is 25.2 Å². The molecule has 0 aliphatic rings. The summed E-state index contributed by atoms with van der Waals surface area (Å²) in [6, 6.07) is 0. The lowest BCUT2D eigenvalue weighted by Crippen LogP contribution is -2.03. The maximum atomic E-state index is 3.08. The zero-order chi connectivity index (χ0) is 7.28. The van der Waals surface area contributed by atoms with Crippen LogP contribution in [0.1, 0.15) is 20.8 Å². The SMILES string of the molecule is C/C=C\C(C)=C(/C)NC. The second-order valence-corrected chi connectivity index (χ2v) is 2.06. The Morgan fingerprint density at radius 1 is 1.33 bits per heavy atom. The molecule has 1 heteroatoms. The molecule has 0 bridgehead atoms. The second-order valence-electron chi connectivity index (χ2n) is 2.06. The number of allylic oxidation sites excluding steroid dienone is 4. The minimum absolute atomic E-state index is 1.23. The van der Waals surface area contributed by atoms with Crippen LogP contribution < -0.4 is 5.32 Å². The molecule has 0 rings (SSSR count). The molecule has 0 aromatic carbocycles. The highest BCUT2D eigenvalue weighted by Gasteiger charge is 1.85. The van der Waals surface area contributed by atoms with Crippen LogP contribution in [0.25, 0.3) is 0 Å². The third-order valence-corrected chi connectivity index (χ3v) is 1.38. The van der Waals surface area contributed by atoms with Crippen molar-refractivity contribution in [3.8, 4) is 0 Å². The fourth-order valence-corrected chi connectivity index (χ4v) is 0.572. The van der Waals surface area contributed by atoms with Gasteiger partial charge in [0.25, 0.3) is 0 Å². The lowest BCUT2D eigenvalue weighted by Gasteiger charge is -2.00. The van der Waals surface area contributed by atoms with E-state index in [1.807, 2.05) is 20.0 Å². The molecule has 0 saturated heterocycles. The Morgan fingerprint density at radius 3 is 2.22 bits per heavy atom. The molecule has 0 amide bonds. The first kappa shape index (κ1) is 8.28. The molecule has 0 aromatic rings. The molecule has 0 aliphatic carbocycles. The summed E-state index contributed by atoms with van der Waals surface area (Å²) in [5, 5.41) is 3.08. The van der Waals surface area contributed by atoms with E-state index < -0.39 is 0 Å². The highest BCUT2D eigenvalue weighted by Crippen LogP contribution is 1.99. The third-order valence-electron chi connectivity index (χ3n) is 1.38. The van der Waals surface area contributed by atoms with Crippen LogP contribution in [-0.2, 0) is 0 Å². The predicted molar refractivity (Wildman–Crippen MR) is 42.2 cm³/mol. The highest BCUT2D eigenvalue weighted by molar-refractivity contribution is 5.20. The first-order valence-electron chi connectivity index (χ1n) is 3.20. The first-order chi connectivity index (χ1) is 4.22. The lowest BCUT2D eigenvalue weighted by atomic mass is 10.2. The molecule has 1 N–H and O–H groups in total. The fraction of sp³-hybridized carbons (Fsp3) is 0.500. The molecule has 0 unspecified atom stereocenters. The standard InChI is InChI=1S/C8H15N/c1-5-6-7(2)8(3)9-4/h5-6,9H,1-4H3/b6-5-,8-7+. The molecule has 0 radical (unpaired) electrons. The van der Waals surface area contributed by atoms with Gasteiger partial charge < -0.3 is 5.32 Å². The third kappa shape index (κ3) is 2.96. The maximum absolute atomic E-state index is 3.08. The molecule has 0 spiro atoms. The lowest BCUT2D eigenvalue weighted by molar-refractivity contribution is 0.969. The van der Waals surface area contributed by atoms with Crippen molar-refractivity contribution >= 4 is 0 Å². The number of hydrogen-bond acceptors (Lipinski definition) is 1. The molecule has 52 valence electrons. The van der Waals surface area contributed by atoms with E-state index in [0.717, 1.165) is 0 Å². The van der Waals surface area contributed by atoms with Crippen LogP contribution in [-0.4, -0.2) is 7.05 Å². The molecule has 0 atom stereocenters. The Morgan fingerprint density at radius 2 is 1.89 bits per heavy atom. The molecule has 9 heavy (non-hydrogen) atoms. The molecule has 0 saturated carbocycles. The Labute approximate surface area is 57.5 Å². The van der Waals surface area contributed by atoms with Gasteiger partial charge in [-0.25, -0.2) is 0 Å². The van der Waals surface area contributed by atoms with Gasteiger partial charge in [-0.15, -0.1) is 0 Å². The highest BCUT2D eigenvalue weighted by atomic mass is 14.8. The van der Waals surface area contributed by atoms with Crippen molar-refractivity contribution in [2.24, 2.45) is 0 Å². The largest absolute Gasteiger partial charge is 0.391 e. The fourth-order valence-electron chi connectivity index (χ4n) is 0.572. The minimum atomic E-state index is 1.23. The summed E-state index contributed by atoms with van der Waals surface area (Å²) in [7, 11) is 1.93. The van der Waals surface area contributed by atoms with Crippen molar-refractivity contribution in [2.75, 3.05) is 7.05 Å². The van der Waals surface area contributed by atoms with E-state index in [-0.39, 0.29) is 0 Å². The Bertz CT molecular complexity index is 132. The van der Waals surface area contributed by atoms with Gasteiger partial charge in [0.2, 0.25) is 0 Å². The van der Waals surface area contributed by atoms with Gasteiger partial charge in [0.15, 0.2) is 0 Å². The first-order valence-corrected chi connectivity index (χ1v) is 3.20. The van der Waals surface area contributed by atoms with E-state index in [1.54, 1.807) is 0 Å². The van der Waals surface area contributed by atoms with Crippen molar-refractivity contribution in [3.63, 3.8) is 0 Å². The van der Waals surface area contributed by atoms with Gasteiger partial charge >= 0.3 is 0 Å². The van der Waals surface area contributed by atoms with Crippen LogP contribution >= 0.6 is 0 Å². The van der Waals surface area contributed by atoms with E-state index >= 15 is 0 Å². The minimum Gasteiger partial charge on any atom is -0.391 e. The van der Waals surface area contributed by atoms with Crippen molar-refractivity contribution in [2.45, 2.75) is 20.8 Å². The van der Waals surface area contributed by atoms with Gasteiger partial charge in [0.05, 0.1) is 0 Å². The average Bonchev–Trinajstić information content (AvgIpc) is 1.87. The summed E-state index contributed by atoms with van der Waals surface area (Å²) in [6.45, 7) is 6.17. The van der Waals surface area contributed by atoms with Crippen LogP contribution in [0, 0.1) is 0 Å². The van der Waals surface area contributed by atoms with E-state index in [4.69, 9.17) is 0 Å². The van der Waals surface area contributed by atoms with Gasteiger partial charge in [-0.05, 0) is 26.3 Å². The number of nitrogens with one attached hydrogen (secondary N) is 1. The van der Waals surface area contributed by atoms with Gasteiger partial charge in [0, 0.05) is 12.7 Å². The summed E-state index contributed by atoms with van der Waals surface area (Å²) in [4.78, 5) is 0. The number of rotatable bonds is 2. The monoisotopic (exact) mass is 125 g/mol. The van der Waals surface area contributed by atoms with Crippen LogP contribution in [0.15, 0.2) is 23.4 Å². The molecular weight excluding hydrogens is 110 g/mol. The molecular formula is C8H15N. The summed E-state index contributed by atoms with van der Waals surface area (Å²) < 4.78 is 0. The average molecular weight is 125 g/mol. The van der Waals surface area contributed by atoms with Crippen molar-refractivity contribution < 1.29 is 0 Å². The Balaban J connectivity index is 4.10. The van der Waals surface area contributed by atoms with Crippen molar-refractivity contribution in [1.82, 2.24) is 5.32 Å². The van der Waals surface area contributed by atoms with Crippen LogP contribution in [0.2, 0.25) is 0 Å². The zero-order valence-electron chi connectivity index (χ0n) is 6.65. The smallest absolute Gasteiger partial charge is 0.0102 e. The van der Waals surface area contributed by atoms with Crippen molar-refractivity contribution in [1.29, 1.82) is 0 Å². The van der Waals surface area contributed by atoms with Crippen LogP contribution in [0.3, 0.4) is 0 Å². The van der Waals surface area contributed by atoms with Gasteiger partial charge in [-0.3, -0.25) is 0 Å². The summed E-state index contributed by atoms with van der Waals surface area (Å²) in [5.74, 6) is 0. The molecule has 0 aliphatic heterocycles. The summed E-state index contributed by atoms with van der Waals surface area (Å²) in [6.07, 6.45) is 4.13. The predicted octanol–water partition coefficient (Wildman–Crippen LogP) is 2.08. The Kier molecular flexibility index (Phi) is 3.85. The molecule has 0 heterocycles. The van der Waals surface area contributed by atoms with Gasteiger partial charge in [-0.1, -0.05) is 12.2 Å². The van der Waals surface area contributed by atoms with E-state index in [1.165, 1.54) is 11.3 Å². The second kappa shape index (κ2) is 4.19. The summed E-state index contributed by atoms with van der Waals surface area (Å²) >= 11 is 0. The quantitative estimate of drug-likeness (QED) is 0.557. The normalized spacial score (nSPS) is 13.8. The summed E-state index contributed by atoms with van der Waals surface area (Å²) in [5.41, 5.74) is 2.52. The molecule has 0 aromatic heterocycles. The zero-order valence-corrected chi connectivity index (χ0v) is 6.65. The van der Waals surface area contributed by atoms with Crippen LogP contribution in [0.5, 0.6) is 0 Å². The van der Waals surface area contributed by atoms with Crippen LogP contribution in [0.4, 0.5) is 0 Å². The van der Waals surface area contributed by atoms with E-state index in [9.17, 15) is 0 Å². The van der Waals surface area contributed by atoms with Gasteiger partial charge in [-0.2, -0.15) is 0 Å². The van der Waals surface area contributed by atoms with E-state index in [0.29, 0.717) is 0 Å². The maximum Gasteiger partial charge on any atom is 0.0102 e. The topological polar surface area (TPSA) is 12.0 Å². The van der Waals surface area contributed by atoms with Gasteiger partial charge in [0.1, 0.15) is 0 Å². The molecule has 1 nitrogen and oxygen atoms in total. The molecule has 0 fully saturated rings. The Hall–Kier alpha value is -0.720. The van der Waals surface area contributed by atoms with Crippen molar-refractivity contribution in [3.05, 3.63) is 23.4 Å². The number of hydrogen-bond donors (Lipinski definition) is 1.